The first-order valence-electron chi connectivity index (χ1n) is 5.80. The molecule has 0 spiro atoms. The number of hydrogen-bond acceptors (Lipinski definition) is 3. The van der Waals surface area contributed by atoms with Crippen LogP contribution in [0.5, 0.6) is 0 Å². The summed E-state index contributed by atoms with van der Waals surface area (Å²) in [4.78, 5) is 11.5. The van der Waals surface area contributed by atoms with Gasteiger partial charge in [-0.15, -0.1) is 0 Å². The van der Waals surface area contributed by atoms with Crippen molar-refractivity contribution in [3.63, 3.8) is 0 Å². The summed E-state index contributed by atoms with van der Waals surface area (Å²) in [6.45, 7) is 0.940. The standard InChI is InChI=1S/C13H15BrFNO2/c1-18-12(17)13(4-5-13)8-16-7-9-6-10(14)2-3-11(9)15/h2-3,6,16H,4-5,7-8H2,1H3. The van der Waals surface area contributed by atoms with E-state index in [1.54, 1.807) is 12.1 Å². The number of nitrogens with one attached hydrogen (secondary N) is 1. The summed E-state index contributed by atoms with van der Waals surface area (Å²) in [6.07, 6.45) is 1.68. The molecule has 1 N–H and O–H groups in total. The molecule has 1 aromatic carbocycles. The van der Waals surface area contributed by atoms with Gasteiger partial charge >= 0.3 is 5.97 Å². The number of carbonyl (C=O) groups excluding carboxylic acids is 1. The number of methoxy groups -OCH3 is 1. The van der Waals surface area contributed by atoms with Crippen LogP contribution in [0.1, 0.15) is 18.4 Å². The molecule has 3 nitrogen and oxygen atoms in total. The van der Waals surface area contributed by atoms with Gasteiger partial charge < -0.3 is 10.1 Å². The molecule has 1 aliphatic rings. The second-order valence-electron chi connectivity index (χ2n) is 4.61. The first-order valence-corrected chi connectivity index (χ1v) is 6.60. The van der Waals surface area contributed by atoms with Crippen molar-refractivity contribution in [3.8, 4) is 0 Å². The molecular formula is C13H15BrFNO2. The van der Waals surface area contributed by atoms with E-state index in [4.69, 9.17) is 4.74 Å². The summed E-state index contributed by atoms with van der Waals surface area (Å²) in [5.74, 6) is -0.418. The maximum Gasteiger partial charge on any atom is 0.313 e. The van der Waals surface area contributed by atoms with E-state index in [1.165, 1.54) is 13.2 Å². The molecule has 2 rings (SSSR count). The second kappa shape index (κ2) is 5.36. The minimum absolute atomic E-state index is 0.176. The third-order valence-electron chi connectivity index (χ3n) is 3.26. The zero-order valence-electron chi connectivity index (χ0n) is 10.1. The molecular weight excluding hydrogens is 301 g/mol. The number of ether oxygens (including phenoxy) is 1. The molecule has 5 heteroatoms. The summed E-state index contributed by atoms with van der Waals surface area (Å²) in [5.41, 5.74) is 0.210. The van der Waals surface area contributed by atoms with Crippen LogP contribution in [0.2, 0.25) is 0 Å². The molecule has 0 saturated heterocycles. The summed E-state index contributed by atoms with van der Waals surface area (Å²) in [6, 6.07) is 4.82. The van der Waals surface area contributed by atoms with E-state index in [9.17, 15) is 9.18 Å². The Bertz CT molecular complexity index is 460. The minimum atomic E-state index is -0.378. The van der Waals surface area contributed by atoms with Gasteiger partial charge in [0.25, 0.3) is 0 Å². The Labute approximate surface area is 114 Å². The number of rotatable bonds is 5. The van der Waals surface area contributed by atoms with E-state index < -0.39 is 0 Å². The fourth-order valence-electron chi connectivity index (χ4n) is 1.94. The van der Waals surface area contributed by atoms with Gasteiger partial charge in [0.2, 0.25) is 0 Å². The number of benzene rings is 1. The normalized spacial score (nSPS) is 16.4. The highest BCUT2D eigenvalue weighted by Crippen LogP contribution is 2.46. The van der Waals surface area contributed by atoms with Gasteiger partial charge in [0.05, 0.1) is 12.5 Å². The second-order valence-corrected chi connectivity index (χ2v) is 5.53. The Balaban J connectivity index is 1.89. The predicted octanol–water partition coefficient (Wildman–Crippen LogP) is 2.63. The van der Waals surface area contributed by atoms with Gasteiger partial charge in [-0.25, -0.2) is 4.39 Å². The lowest BCUT2D eigenvalue weighted by Crippen LogP contribution is -2.30. The largest absolute Gasteiger partial charge is 0.469 e. The quantitative estimate of drug-likeness (QED) is 0.849. The number of hydrogen-bond donors (Lipinski definition) is 1. The lowest BCUT2D eigenvalue weighted by molar-refractivity contribution is -0.146. The van der Waals surface area contributed by atoms with Crippen molar-refractivity contribution in [3.05, 3.63) is 34.1 Å². The highest BCUT2D eigenvalue weighted by molar-refractivity contribution is 9.10. The summed E-state index contributed by atoms with van der Waals surface area (Å²) >= 11 is 3.31. The van der Waals surface area contributed by atoms with Crippen molar-refractivity contribution in [2.24, 2.45) is 5.41 Å². The Morgan fingerprint density at radius 3 is 2.89 bits per heavy atom. The Morgan fingerprint density at radius 1 is 1.56 bits per heavy atom. The molecule has 1 fully saturated rings. The molecule has 0 heterocycles. The van der Waals surface area contributed by atoms with Crippen molar-refractivity contribution in [1.82, 2.24) is 5.32 Å². The van der Waals surface area contributed by atoms with Gasteiger partial charge in [-0.3, -0.25) is 4.79 Å². The van der Waals surface area contributed by atoms with Crippen LogP contribution in [0.3, 0.4) is 0 Å². The van der Waals surface area contributed by atoms with Crippen LogP contribution in [-0.4, -0.2) is 19.6 Å². The lowest BCUT2D eigenvalue weighted by atomic mass is 10.1. The maximum absolute atomic E-state index is 13.5. The van der Waals surface area contributed by atoms with E-state index in [0.717, 1.165) is 17.3 Å². The monoisotopic (exact) mass is 315 g/mol. The summed E-state index contributed by atoms with van der Waals surface area (Å²) in [5, 5.41) is 3.13. The molecule has 0 aromatic heterocycles. The average Bonchev–Trinajstić information content (AvgIpc) is 3.14. The topological polar surface area (TPSA) is 38.3 Å². The van der Waals surface area contributed by atoms with Crippen LogP contribution < -0.4 is 5.32 Å². The zero-order chi connectivity index (χ0) is 13.2. The molecule has 0 unspecified atom stereocenters. The lowest BCUT2D eigenvalue weighted by Gasteiger charge is -2.13. The van der Waals surface area contributed by atoms with Crippen LogP contribution in [0.15, 0.2) is 22.7 Å². The number of esters is 1. The van der Waals surface area contributed by atoms with Crippen LogP contribution in [0.4, 0.5) is 4.39 Å². The van der Waals surface area contributed by atoms with E-state index in [2.05, 4.69) is 21.2 Å². The molecule has 1 aliphatic carbocycles. The van der Waals surface area contributed by atoms with Crippen LogP contribution >= 0.6 is 15.9 Å². The Morgan fingerprint density at radius 2 is 2.28 bits per heavy atom. The highest BCUT2D eigenvalue weighted by Gasteiger charge is 2.50. The van der Waals surface area contributed by atoms with Crippen molar-refractivity contribution in [2.45, 2.75) is 19.4 Å². The Hall–Kier alpha value is -0.940. The molecule has 1 saturated carbocycles. The van der Waals surface area contributed by atoms with Crippen LogP contribution in [-0.2, 0) is 16.1 Å². The fraction of sp³-hybridized carbons (Fsp3) is 0.462. The van der Waals surface area contributed by atoms with Crippen molar-refractivity contribution >= 4 is 21.9 Å². The van der Waals surface area contributed by atoms with Crippen LogP contribution in [0, 0.1) is 11.2 Å². The molecule has 1 aromatic rings. The molecule has 0 aliphatic heterocycles. The third-order valence-corrected chi connectivity index (χ3v) is 3.75. The van der Waals surface area contributed by atoms with E-state index in [0.29, 0.717) is 18.7 Å². The minimum Gasteiger partial charge on any atom is -0.469 e. The average molecular weight is 316 g/mol. The molecule has 98 valence electrons. The van der Waals surface area contributed by atoms with E-state index in [1.807, 2.05) is 0 Å². The van der Waals surface area contributed by atoms with E-state index in [-0.39, 0.29) is 17.2 Å². The van der Waals surface area contributed by atoms with Crippen molar-refractivity contribution in [1.29, 1.82) is 0 Å². The molecule has 18 heavy (non-hydrogen) atoms. The van der Waals surface area contributed by atoms with Crippen molar-refractivity contribution in [2.75, 3.05) is 13.7 Å². The van der Waals surface area contributed by atoms with Gasteiger partial charge in [0.15, 0.2) is 0 Å². The number of carbonyl (C=O) groups is 1. The van der Waals surface area contributed by atoms with Gasteiger partial charge in [-0.1, -0.05) is 15.9 Å². The number of halogens is 2. The molecule has 0 atom stereocenters. The predicted molar refractivity (Wildman–Crippen MR) is 69.5 cm³/mol. The molecule has 0 bridgehead atoms. The fourth-order valence-corrected chi connectivity index (χ4v) is 2.34. The van der Waals surface area contributed by atoms with Gasteiger partial charge in [0, 0.05) is 23.1 Å². The first kappa shape index (κ1) is 13.5. The molecule has 0 radical (unpaired) electrons. The third kappa shape index (κ3) is 2.90. The smallest absolute Gasteiger partial charge is 0.313 e. The molecule has 0 amide bonds. The van der Waals surface area contributed by atoms with Gasteiger partial charge in [-0.05, 0) is 31.0 Å². The summed E-state index contributed by atoms with van der Waals surface area (Å²) in [7, 11) is 1.40. The van der Waals surface area contributed by atoms with Gasteiger partial charge in [0.1, 0.15) is 5.82 Å². The van der Waals surface area contributed by atoms with E-state index >= 15 is 0 Å². The maximum atomic E-state index is 13.5. The Kier molecular flexibility index (Phi) is 4.02. The van der Waals surface area contributed by atoms with Crippen molar-refractivity contribution < 1.29 is 13.9 Å². The van der Waals surface area contributed by atoms with Crippen LogP contribution in [0.25, 0.3) is 0 Å². The zero-order valence-corrected chi connectivity index (χ0v) is 11.7. The SMILES string of the molecule is COC(=O)C1(CNCc2cc(Br)ccc2F)CC1. The first-order chi connectivity index (χ1) is 8.57. The highest BCUT2D eigenvalue weighted by atomic mass is 79.9. The summed E-state index contributed by atoms with van der Waals surface area (Å²) < 4.78 is 19.1. The van der Waals surface area contributed by atoms with Gasteiger partial charge in [-0.2, -0.15) is 0 Å².